The Bertz CT molecular complexity index is 614. The molecule has 0 radical (unpaired) electrons. The number of aryl methyl sites for hydroxylation is 1. The van der Waals surface area contributed by atoms with Crippen molar-refractivity contribution in [2.45, 2.75) is 71.2 Å². The molecular formula is C21H30O5. The van der Waals surface area contributed by atoms with Crippen molar-refractivity contribution in [2.75, 3.05) is 0 Å². The number of allylic oxidation sites excluding steroid dienone is 1. The number of esters is 1. The molecule has 0 aromatic carbocycles. The molecule has 2 rings (SSSR count). The Balaban J connectivity index is 1.61. The third-order valence-corrected chi connectivity index (χ3v) is 4.71. The summed E-state index contributed by atoms with van der Waals surface area (Å²) >= 11 is 0. The number of furan rings is 1. The standard InChI is InChI=1S/C21H30O5/c1-15(5-3-7-17-9-10-25-14-17)11-19(22)12-16(2)6-4-8-18-13-20(23)26-21(18)24/h6,9-10,13-15,19-20,22-23H,3-5,7-8,11-12H2,1-2H3/b16-6+/t15-,19-,20+/m1/s1. The van der Waals surface area contributed by atoms with E-state index in [9.17, 15) is 15.0 Å². The van der Waals surface area contributed by atoms with Crippen LogP contribution < -0.4 is 0 Å². The van der Waals surface area contributed by atoms with Crippen LogP contribution in [0.15, 0.2) is 46.3 Å². The summed E-state index contributed by atoms with van der Waals surface area (Å²) in [5.74, 6) is 0.0393. The lowest BCUT2D eigenvalue weighted by atomic mass is 9.93. The van der Waals surface area contributed by atoms with Crippen molar-refractivity contribution >= 4 is 5.97 Å². The van der Waals surface area contributed by atoms with Crippen molar-refractivity contribution in [3.05, 3.63) is 47.5 Å². The molecule has 144 valence electrons. The molecule has 0 bridgehead atoms. The van der Waals surface area contributed by atoms with E-state index in [0.29, 0.717) is 30.8 Å². The van der Waals surface area contributed by atoms with Gasteiger partial charge in [0.05, 0.1) is 18.6 Å². The van der Waals surface area contributed by atoms with Crippen LogP contribution in [0, 0.1) is 5.92 Å². The van der Waals surface area contributed by atoms with Crippen molar-refractivity contribution in [1.29, 1.82) is 0 Å². The Morgan fingerprint density at radius 1 is 1.38 bits per heavy atom. The molecule has 1 aromatic rings. The first-order valence-electron chi connectivity index (χ1n) is 9.38. The highest BCUT2D eigenvalue weighted by molar-refractivity contribution is 5.90. The predicted octanol–water partition coefficient (Wildman–Crippen LogP) is 3.91. The molecule has 5 nitrogen and oxygen atoms in total. The van der Waals surface area contributed by atoms with Crippen LogP contribution in [-0.2, 0) is 16.0 Å². The van der Waals surface area contributed by atoms with E-state index in [4.69, 9.17) is 4.42 Å². The fourth-order valence-corrected chi connectivity index (χ4v) is 3.33. The maximum atomic E-state index is 11.4. The fourth-order valence-electron chi connectivity index (χ4n) is 3.33. The molecule has 5 heteroatoms. The van der Waals surface area contributed by atoms with E-state index in [0.717, 1.165) is 31.3 Å². The molecule has 1 aliphatic rings. The second-order valence-electron chi connectivity index (χ2n) is 7.30. The number of carbonyl (C=O) groups is 1. The van der Waals surface area contributed by atoms with Gasteiger partial charge >= 0.3 is 5.97 Å². The molecule has 0 unspecified atom stereocenters. The number of hydrogen-bond donors (Lipinski definition) is 2. The summed E-state index contributed by atoms with van der Waals surface area (Å²) in [6, 6.07) is 2.00. The smallest absolute Gasteiger partial charge is 0.336 e. The summed E-state index contributed by atoms with van der Waals surface area (Å²) < 4.78 is 9.72. The highest BCUT2D eigenvalue weighted by Gasteiger charge is 2.22. The third kappa shape index (κ3) is 7.18. The van der Waals surface area contributed by atoms with Crippen molar-refractivity contribution < 1.29 is 24.2 Å². The van der Waals surface area contributed by atoms with Gasteiger partial charge in [0.2, 0.25) is 6.29 Å². The van der Waals surface area contributed by atoms with Crippen molar-refractivity contribution in [3.8, 4) is 0 Å². The van der Waals surface area contributed by atoms with Gasteiger partial charge in [-0.3, -0.25) is 0 Å². The SMILES string of the molecule is C/C(=C\CCC1=C[C@@H](O)OC1=O)C[C@H](O)C[C@H](C)CCCc1ccoc1. The number of hydrogen-bond acceptors (Lipinski definition) is 5. The third-order valence-electron chi connectivity index (χ3n) is 4.71. The lowest BCUT2D eigenvalue weighted by molar-refractivity contribution is -0.151. The first-order chi connectivity index (χ1) is 12.4. The highest BCUT2D eigenvalue weighted by Crippen LogP contribution is 2.21. The van der Waals surface area contributed by atoms with Crippen LogP contribution in [0.25, 0.3) is 0 Å². The molecule has 0 fully saturated rings. The van der Waals surface area contributed by atoms with Crippen molar-refractivity contribution in [1.82, 2.24) is 0 Å². The molecule has 0 spiro atoms. The molecule has 2 heterocycles. The summed E-state index contributed by atoms with van der Waals surface area (Å²) in [4.78, 5) is 11.4. The summed E-state index contributed by atoms with van der Waals surface area (Å²) in [5, 5.41) is 19.5. The Labute approximate surface area is 155 Å². The fraction of sp³-hybridized carbons (Fsp3) is 0.571. The number of aliphatic hydroxyl groups excluding tert-OH is 2. The van der Waals surface area contributed by atoms with Crippen LogP contribution in [0.2, 0.25) is 0 Å². The van der Waals surface area contributed by atoms with E-state index in [1.54, 1.807) is 12.5 Å². The number of rotatable bonds is 11. The van der Waals surface area contributed by atoms with Gasteiger partial charge in [-0.25, -0.2) is 4.79 Å². The first kappa shape index (κ1) is 20.5. The first-order valence-corrected chi connectivity index (χ1v) is 9.38. The minimum absolute atomic E-state index is 0.340. The van der Waals surface area contributed by atoms with E-state index in [-0.39, 0.29) is 6.10 Å². The normalized spacial score (nSPS) is 20.0. The van der Waals surface area contributed by atoms with Gasteiger partial charge in [-0.05, 0) is 69.1 Å². The number of aliphatic hydroxyl groups is 2. The number of cyclic esters (lactones) is 1. The average Bonchev–Trinajstić information content (AvgIpc) is 3.17. The summed E-state index contributed by atoms with van der Waals surface area (Å²) in [5.41, 5.74) is 2.87. The van der Waals surface area contributed by atoms with Crippen LogP contribution in [0.5, 0.6) is 0 Å². The summed E-state index contributed by atoms with van der Waals surface area (Å²) in [6.45, 7) is 4.18. The van der Waals surface area contributed by atoms with Gasteiger partial charge in [0.1, 0.15) is 0 Å². The van der Waals surface area contributed by atoms with E-state index in [1.165, 1.54) is 11.6 Å². The number of ether oxygens (including phenoxy) is 1. The summed E-state index contributed by atoms with van der Waals surface area (Å²) in [7, 11) is 0. The van der Waals surface area contributed by atoms with E-state index >= 15 is 0 Å². The quantitative estimate of drug-likeness (QED) is 0.461. The van der Waals surface area contributed by atoms with Gasteiger partial charge in [-0.2, -0.15) is 0 Å². The van der Waals surface area contributed by atoms with Crippen LogP contribution in [0.4, 0.5) is 0 Å². The van der Waals surface area contributed by atoms with Gasteiger partial charge in [0.25, 0.3) is 0 Å². The lowest BCUT2D eigenvalue weighted by Gasteiger charge is -2.16. The van der Waals surface area contributed by atoms with Crippen molar-refractivity contribution in [2.24, 2.45) is 5.92 Å². The second-order valence-corrected chi connectivity index (χ2v) is 7.30. The molecule has 1 aromatic heterocycles. The molecule has 1 aliphatic heterocycles. The second kappa shape index (κ2) is 10.3. The Morgan fingerprint density at radius 2 is 2.19 bits per heavy atom. The Hall–Kier alpha value is -1.85. The predicted molar refractivity (Wildman–Crippen MR) is 99.2 cm³/mol. The lowest BCUT2D eigenvalue weighted by Crippen LogP contribution is -2.12. The zero-order valence-corrected chi connectivity index (χ0v) is 15.7. The van der Waals surface area contributed by atoms with E-state index in [1.807, 2.05) is 19.1 Å². The minimum Gasteiger partial charge on any atom is -0.472 e. The zero-order valence-electron chi connectivity index (χ0n) is 15.7. The molecular weight excluding hydrogens is 332 g/mol. The monoisotopic (exact) mass is 362 g/mol. The maximum absolute atomic E-state index is 11.4. The van der Waals surface area contributed by atoms with Gasteiger partial charge in [-0.1, -0.05) is 25.0 Å². The summed E-state index contributed by atoms with van der Waals surface area (Å²) in [6.07, 6.45) is 11.4. The van der Waals surface area contributed by atoms with Crippen LogP contribution in [-0.4, -0.2) is 28.6 Å². The maximum Gasteiger partial charge on any atom is 0.336 e. The largest absolute Gasteiger partial charge is 0.472 e. The Morgan fingerprint density at radius 3 is 2.85 bits per heavy atom. The topological polar surface area (TPSA) is 79.9 Å². The Kier molecular flexibility index (Phi) is 8.13. The van der Waals surface area contributed by atoms with Crippen molar-refractivity contribution in [3.63, 3.8) is 0 Å². The minimum atomic E-state index is -1.10. The van der Waals surface area contributed by atoms with E-state index < -0.39 is 12.3 Å². The van der Waals surface area contributed by atoms with Gasteiger partial charge in [-0.15, -0.1) is 0 Å². The van der Waals surface area contributed by atoms with Crippen LogP contribution >= 0.6 is 0 Å². The average molecular weight is 362 g/mol. The molecule has 3 atom stereocenters. The van der Waals surface area contributed by atoms with Crippen LogP contribution in [0.1, 0.15) is 57.9 Å². The molecule has 0 saturated carbocycles. The number of carbonyl (C=O) groups excluding carboxylic acids is 1. The highest BCUT2D eigenvalue weighted by atomic mass is 16.6. The zero-order chi connectivity index (χ0) is 18.9. The molecule has 2 N–H and O–H groups in total. The van der Waals surface area contributed by atoms with Gasteiger partial charge in [0, 0.05) is 5.57 Å². The molecule has 0 aliphatic carbocycles. The molecule has 26 heavy (non-hydrogen) atoms. The van der Waals surface area contributed by atoms with Gasteiger partial charge < -0.3 is 19.4 Å². The van der Waals surface area contributed by atoms with Gasteiger partial charge in [0.15, 0.2) is 0 Å². The van der Waals surface area contributed by atoms with E-state index in [2.05, 4.69) is 11.7 Å². The molecule has 0 amide bonds. The van der Waals surface area contributed by atoms with Crippen LogP contribution in [0.3, 0.4) is 0 Å². The molecule has 0 saturated heterocycles.